The van der Waals surface area contributed by atoms with Gasteiger partial charge in [0.1, 0.15) is 12.5 Å². The molecule has 3 aliphatic heterocycles. The number of nitrogens with one attached hydrogen (secondary N) is 4. The molecule has 4 N–H and O–H groups in total. The SMILES string of the molecule is CC(C)C1NNC2CCN(C(=O)C3CNNC3n3cnnn3)CC21. The van der Waals surface area contributed by atoms with Crippen LogP contribution in [-0.4, -0.2) is 62.7 Å². The number of hydrogen-bond acceptors (Lipinski definition) is 8. The first-order valence-corrected chi connectivity index (χ1v) is 8.66. The standard InChI is InChI=1S/C14H25N9O/c1-8(2)12-10-6-22(4-3-11(10)17-18-12)14(24)9-5-15-19-13(9)23-7-16-20-21-23/h7-13,15,17-19H,3-6H2,1-2H3. The molecule has 0 aromatic carbocycles. The lowest BCUT2D eigenvalue weighted by Crippen LogP contribution is -2.51. The van der Waals surface area contributed by atoms with Gasteiger partial charge in [0.25, 0.3) is 0 Å². The molecule has 0 bridgehead atoms. The Morgan fingerprint density at radius 3 is 2.92 bits per heavy atom. The number of nitrogens with zero attached hydrogens (tertiary/aromatic N) is 5. The van der Waals surface area contributed by atoms with Crippen LogP contribution < -0.4 is 21.7 Å². The van der Waals surface area contributed by atoms with Crippen molar-refractivity contribution in [3.63, 3.8) is 0 Å². The van der Waals surface area contributed by atoms with Gasteiger partial charge < -0.3 is 4.90 Å². The molecular formula is C14H25N9O. The topological polar surface area (TPSA) is 112 Å². The number of likely N-dealkylation sites (tertiary alicyclic amines) is 1. The monoisotopic (exact) mass is 335 g/mol. The van der Waals surface area contributed by atoms with Crippen LogP contribution in [0.2, 0.25) is 0 Å². The highest BCUT2D eigenvalue weighted by molar-refractivity contribution is 5.80. The molecule has 0 spiro atoms. The van der Waals surface area contributed by atoms with E-state index in [0.717, 1.165) is 19.5 Å². The van der Waals surface area contributed by atoms with Crippen molar-refractivity contribution in [2.75, 3.05) is 19.6 Å². The van der Waals surface area contributed by atoms with Crippen molar-refractivity contribution in [3.05, 3.63) is 6.33 Å². The minimum Gasteiger partial charge on any atom is -0.342 e. The van der Waals surface area contributed by atoms with Gasteiger partial charge in [0.15, 0.2) is 0 Å². The Labute approximate surface area is 140 Å². The first kappa shape index (κ1) is 15.9. The predicted molar refractivity (Wildman–Crippen MR) is 84.9 cm³/mol. The van der Waals surface area contributed by atoms with Gasteiger partial charge in [-0.1, -0.05) is 13.8 Å². The van der Waals surface area contributed by atoms with Crippen LogP contribution in [-0.2, 0) is 4.79 Å². The zero-order valence-electron chi connectivity index (χ0n) is 14.0. The van der Waals surface area contributed by atoms with Crippen LogP contribution in [0.1, 0.15) is 26.4 Å². The number of hydrazine groups is 2. The largest absolute Gasteiger partial charge is 0.342 e. The highest BCUT2D eigenvalue weighted by atomic mass is 16.2. The molecule has 0 saturated carbocycles. The summed E-state index contributed by atoms with van der Waals surface area (Å²) >= 11 is 0. The van der Waals surface area contributed by atoms with Gasteiger partial charge in [-0.05, 0) is 22.8 Å². The summed E-state index contributed by atoms with van der Waals surface area (Å²) < 4.78 is 1.60. The smallest absolute Gasteiger partial charge is 0.230 e. The van der Waals surface area contributed by atoms with Gasteiger partial charge in [-0.3, -0.25) is 21.1 Å². The molecule has 10 heteroatoms. The van der Waals surface area contributed by atoms with Crippen LogP contribution in [0.3, 0.4) is 0 Å². The molecule has 1 amide bonds. The van der Waals surface area contributed by atoms with Crippen molar-refractivity contribution >= 4 is 5.91 Å². The zero-order valence-corrected chi connectivity index (χ0v) is 14.0. The van der Waals surface area contributed by atoms with Gasteiger partial charge in [-0.2, -0.15) is 0 Å². The number of aromatic nitrogens is 4. The average molecular weight is 335 g/mol. The van der Waals surface area contributed by atoms with Crippen LogP contribution >= 0.6 is 0 Å². The highest BCUT2D eigenvalue weighted by Gasteiger charge is 2.44. The molecule has 3 aliphatic rings. The Hall–Kier alpha value is -1.62. The Kier molecular flexibility index (Phi) is 4.21. The minimum absolute atomic E-state index is 0.167. The molecule has 5 atom stereocenters. The van der Waals surface area contributed by atoms with E-state index in [4.69, 9.17) is 0 Å². The first-order valence-electron chi connectivity index (χ1n) is 8.66. The molecule has 5 unspecified atom stereocenters. The van der Waals surface area contributed by atoms with Gasteiger partial charge >= 0.3 is 0 Å². The van der Waals surface area contributed by atoms with E-state index in [0.29, 0.717) is 30.5 Å². The van der Waals surface area contributed by atoms with E-state index in [9.17, 15) is 4.79 Å². The maximum atomic E-state index is 13.1. The molecule has 10 nitrogen and oxygen atoms in total. The third-order valence-corrected chi connectivity index (χ3v) is 5.50. The van der Waals surface area contributed by atoms with Crippen molar-refractivity contribution in [2.45, 2.75) is 38.5 Å². The maximum Gasteiger partial charge on any atom is 0.230 e. The molecular weight excluding hydrogens is 310 g/mol. The normalized spacial score (nSPS) is 36.3. The zero-order chi connectivity index (χ0) is 16.7. The lowest BCUT2D eigenvalue weighted by Gasteiger charge is -2.38. The number of hydrogen-bond donors (Lipinski definition) is 4. The van der Waals surface area contributed by atoms with Crippen molar-refractivity contribution in [3.8, 4) is 0 Å². The molecule has 1 aromatic heterocycles. The first-order chi connectivity index (χ1) is 11.6. The highest BCUT2D eigenvalue weighted by Crippen LogP contribution is 2.30. The number of piperidine rings is 1. The van der Waals surface area contributed by atoms with Crippen molar-refractivity contribution in [1.82, 2.24) is 46.8 Å². The van der Waals surface area contributed by atoms with Gasteiger partial charge in [0, 0.05) is 37.6 Å². The summed E-state index contributed by atoms with van der Waals surface area (Å²) in [5, 5.41) is 11.3. The molecule has 4 heterocycles. The Morgan fingerprint density at radius 2 is 2.17 bits per heavy atom. The van der Waals surface area contributed by atoms with Crippen molar-refractivity contribution in [2.24, 2.45) is 17.8 Å². The third kappa shape index (κ3) is 2.69. The Morgan fingerprint density at radius 1 is 1.29 bits per heavy atom. The van der Waals surface area contributed by atoms with E-state index < -0.39 is 0 Å². The van der Waals surface area contributed by atoms with Gasteiger partial charge in [0.2, 0.25) is 5.91 Å². The van der Waals surface area contributed by atoms with Gasteiger partial charge in [-0.25, -0.2) is 10.1 Å². The molecule has 3 fully saturated rings. The maximum absolute atomic E-state index is 13.1. The number of rotatable bonds is 3. The molecule has 132 valence electrons. The predicted octanol–water partition coefficient (Wildman–Crippen LogP) is -1.75. The van der Waals surface area contributed by atoms with Crippen LogP contribution in [0.15, 0.2) is 6.33 Å². The fourth-order valence-electron chi connectivity index (χ4n) is 4.19. The lowest BCUT2D eigenvalue weighted by molar-refractivity contribution is -0.138. The summed E-state index contributed by atoms with van der Waals surface area (Å²) in [7, 11) is 0. The fraction of sp³-hybridized carbons (Fsp3) is 0.857. The Bertz CT molecular complexity index is 577. The molecule has 4 rings (SSSR count). The Balaban J connectivity index is 1.46. The third-order valence-electron chi connectivity index (χ3n) is 5.50. The van der Waals surface area contributed by atoms with Crippen LogP contribution in [0.25, 0.3) is 0 Å². The van der Waals surface area contributed by atoms with Crippen LogP contribution in [0, 0.1) is 17.8 Å². The van der Waals surface area contributed by atoms with E-state index in [1.54, 1.807) is 4.68 Å². The number of fused-ring (bicyclic) bond motifs is 1. The number of tetrazole rings is 1. The molecule has 3 saturated heterocycles. The van der Waals surface area contributed by atoms with E-state index in [1.165, 1.54) is 6.33 Å². The minimum atomic E-state index is -0.244. The number of carbonyl (C=O) groups is 1. The number of carbonyl (C=O) groups excluding carboxylic acids is 1. The molecule has 0 aliphatic carbocycles. The summed E-state index contributed by atoms with van der Waals surface area (Å²) in [6, 6.07) is 0.859. The van der Waals surface area contributed by atoms with Crippen molar-refractivity contribution in [1.29, 1.82) is 0 Å². The second kappa shape index (κ2) is 6.36. The van der Waals surface area contributed by atoms with Gasteiger partial charge in [0.05, 0.1) is 5.92 Å². The summed E-state index contributed by atoms with van der Waals surface area (Å²) in [4.78, 5) is 15.1. The van der Waals surface area contributed by atoms with Gasteiger partial charge in [-0.15, -0.1) is 5.10 Å². The van der Waals surface area contributed by atoms with Crippen LogP contribution in [0.4, 0.5) is 0 Å². The van der Waals surface area contributed by atoms with E-state index in [-0.39, 0.29) is 18.0 Å². The second-order valence-corrected chi connectivity index (χ2v) is 7.27. The summed E-state index contributed by atoms with van der Waals surface area (Å²) in [5.41, 5.74) is 13.0. The van der Waals surface area contributed by atoms with Crippen molar-refractivity contribution < 1.29 is 4.79 Å². The number of amides is 1. The molecule has 1 aromatic rings. The molecule has 0 radical (unpaired) electrons. The summed E-state index contributed by atoms with van der Waals surface area (Å²) in [5.74, 6) is 0.952. The van der Waals surface area contributed by atoms with E-state index in [2.05, 4.69) is 51.1 Å². The lowest BCUT2D eigenvalue weighted by atomic mass is 9.83. The summed E-state index contributed by atoms with van der Waals surface area (Å²) in [6.07, 6.45) is 2.28. The summed E-state index contributed by atoms with van der Waals surface area (Å²) in [6.45, 7) is 6.61. The van der Waals surface area contributed by atoms with E-state index in [1.807, 2.05) is 4.90 Å². The quantitative estimate of drug-likeness (QED) is 0.514. The fourth-order valence-corrected chi connectivity index (χ4v) is 4.19. The van der Waals surface area contributed by atoms with E-state index >= 15 is 0 Å². The molecule has 24 heavy (non-hydrogen) atoms. The van der Waals surface area contributed by atoms with Crippen LogP contribution in [0.5, 0.6) is 0 Å². The second-order valence-electron chi connectivity index (χ2n) is 7.27. The average Bonchev–Trinajstić information content (AvgIpc) is 3.31.